The first kappa shape index (κ1) is 19.9. The highest BCUT2D eigenvalue weighted by Crippen LogP contribution is 2.23. The number of hydrogen-bond acceptors (Lipinski definition) is 6. The number of nitrogens with zero attached hydrogens (tertiary/aromatic N) is 4. The molecule has 0 spiro atoms. The van der Waals surface area contributed by atoms with Crippen molar-refractivity contribution in [3.63, 3.8) is 0 Å². The van der Waals surface area contributed by atoms with Crippen molar-refractivity contribution in [1.82, 2.24) is 14.8 Å². The van der Waals surface area contributed by atoms with Crippen LogP contribution in [-0.2, 0) is 13.5 Å². The predicted octanol–water partition coefficient (Wildman–Crippen LogP) is 3.22. The molecule has 0 unspecified atom stereocenters. The summed E-state index contributed by atoms with van der Waals surface area (Å²) in [5.41, 5.74) is 1.69. The van der Waals surface area contributed by atoms with Gasteiger partial charge >= 0.3 is 0 Å². The summed E-state index contributed by atoms with van der Waals surface area (Å²) in [6, 6.07) is 15.4. The molecule has 3 aromatic rings. The highest BCUT2D eigenvalue weighted by atomic mass is 32.2. The van der Waals surface area contributed by atoms with Gasteiger partial charge in [0.25, 0.3) is 0 Å². The Morgan fingerprint density at radius 1 is 1.18 bits per heavy atom. The van der Waals surface area contributed by atoms with Gasteiger partial charge in [-0.05, 0) is 42.0 Å². The Morgan fingerprint density at radius 2 is 1.89 bits per heavy atom. The van der Waals surface area contributed by atoms with Crippen LogP contribution in [0.4, 0.5) is 4.39 Å². The van der Waals surface area contributed by atoms with Gasteiger partial charge in [0.15, 0.2) is 11.0 Å². The number of thioether (sulfide) groups is 1. The number of benzene rings is 2. The van der Waals surface area contributed by atoms with Crippen LogP contribution in [0.3, 0.4) is 0 Å². The Balaban J connectivity index is 1.51. The lowest BCUT2D eigenvalue weighted by Crippen LogP contribution is -2.20. The van der Waals surface area contributed by atoms with Crippen LogP contribution in [0.25, 0.3) is 11.4 Å². The monoisotopic (exact) mass is 398 g/mol. The number of rotatable bonds is 8. The lowest BCUT2D eigenvalue weighted by molar-refractivity contribution is 0.126. The van der Waals surface area contributed by atoms with Gasteiger partial charge in [-0.25, -0.2) is 4.39 Å². The fourth-order valence-corrected chi connectivity index (χ4v) is 3.31. The SMILES string of the molecule is Cn1c(SC[C@H](O)COc2ccc(CC#N)cc2)nnc1-c1ccc(F)cc1. The maximum atomic E-state index is 13.1. The van der Waals surface area contributed by atoms with Crippen LogP contribution in [0.1, 0.15) is 5.56 Å². The number of aromatic nitrogens is 3. The molecular formula is C20H19FN4O2S. The van der Waals surface area contributed by atoms with Crippen molar-refractivity contribution >= 4 is 11.8 Å². The summed E-state index contributed by atoms with van der Waals surface area (Å²) in [4.78, 5) is 0. The van der Waals surface area contributed by atoms with Gasteiger partial charge in [-0.15, -0.1) is 10.2 Å². The summed E-state index contributed by atoms with van der Waals surface area (Å²) in [7, 11) is 1.83. The molecule has 0 saturated heterocycles. The molecule has 2 aromatic carbocycles. The molecule has 0 saturated carbocycles. The molecule has 1 heterocycles. The van der Waals surface area contributed by atoms with E-state index in [4.69, 9.17) is 10.00 Å². The first-order chi connectivity index (χ1) is 13.6. The second-order valence-corrected chi connectivity index (χ2v) is 7.11. The first-order valence-electron chi connectivity index (χ1n) is 8.61. The highest BCUT2D eigenvalue weighted by molar-refractivity contribution is 7.99. The standard InChI is InChI=1S/C20H19FN4O2S/c1-25-19(15-4-6-16(21)7-5-15)23-24-20(25)28-13-17(26)12-27-18-8-2-14(3-9-18)10-11-22/h2-9,17,26H,10,12-13H2,1H3/t17-/m1/s1. The van der Waals surface area contributed by atoms with Crippen LogP contribution in [0.5, 0.6) is 5.75 Å². The molecule has 1 aromatic heterocycles. The van der Waals surface area contributed by atoms with E-state index >= 15 is 0 Å². The highest BCUT2D eigenvalue weighted by Gasteiger charge is 2.14. The van der Waals surface area contributed by atoms with Gasteiger partial charge in [-0.1, -0.05) is 23.9 Å². The summed E-state index contributed by atoms with van der Waals surface area (Å²) in [5.74, 6) is 1.36. The molecule has 0 aliphatic carbocycles. The van der Waals surface area contributed by atoms with E-state index in [-0.39, 0.29) is 12.4 Å². The molecule has 28 heavy (non-hydrogen) atoms. The molecule has 1 N–H and O–H groups in total. The smallest absolute Gasteiger partial charge is 0.191 e. The van der Waals surface area contributed by atoms with E-state index in [1.54, 1.807) is 28.8 Å². The maximum Gasteiger partial charge on any atom is 0.191 e. The second-order valence-electron chi connectivity index (χ2n) is 6.13. The number of hydrogen-bond donors (Lipinski definition) is 1. The van der Waals surface area contributed by atoms with Gasteiger partial charge < -0.3 is 14.4 Å². The average molecular weight is 398 g/mol. The van der Waals surface area contributed by atoms with E-state index in [0.717, 1.165) is 11.1 Å². The van der Waals surface area contributed by atoms with Crippen molar-refractivity contribution in [3.8, 4) is 23.2 Å². The third-order valence-corrected chi connectivity index (χ3v) is 5.16. The van der Waals surface area contributed by atoms with Crippen LogP contribution in [0.15, 0.2) is 53.7 Å². The van der Waals surface area contributed by atoms with Crippen LogP contribution in [0, 0.1) is 17.1 Å². The summed E-state index contributed by atoms with van der Waals surface area (Å²) in [5, 5.41) is 27.8. The Labute approximate surface area is 166 Å². The van der Waals surface area contributed by atoms with Crippen molar-refractivity contribution in [3.05, 3.63) is 59.9 Å². The fourth-order valence-electron chi connectivity index (χ4n) is 2.50. The lowest BCUT2D eigenvalue weighted by Gasteiger charge is -2.12. The zero-order valence-electron chi connectivity index (χ0n) is 15.2. The molecular weight excluding hydrogens is 379 g/mol. The van der Waals surface area contributed by atoms with Crippen LogP contribution in [0.2, 0.25) is 0 Å². The molecule has 0 radical (unpaired) electrons. The van der Waals surface area contributed by atoms with E-state index in [9.17, 15) is 9.50 Å². The quantitative estimate of drug-likeness (QED) is 0.587. The van der Waals surface area contributed by atoms with Crippen LogP contribution >= 0.6 is 11.8 Å². The Kier molecular flexibility index (Phi) is 6.63. The van der Waals surface area contributed by atoms with Crippen molar-refractivity contribution in [2.45, 2.75) is 17.7 Å². The van der Waals surface area contributed by atoms with Crippen molar-refractivity contribution in [2.75, 3.05) is 12.4 Å². The molecule has 144 valence electrons. The van der Waals surface area contributed by atoms with E-state index in [1.807, 2.05) is 19.2 Å². The molecule has 3 rings (SSSR count). The minimum atomic E-state index is -0.685. The van der Waals surface area contributed by atoms with Gasteiger partial charge in [-0.2, -0.15) is 5.26 Å². The molecule has 0 bridgehead atoms. The van der Waals surface area contributed by atoms with Gasteiger partial charge in [-0.3, -0.25) is 0 Å². The van der Waals surface area contributed by atoms with Gasteiger partial charge in [0, 0.05) is 18.4 Å². The van der Waals surface area contributed by atoms with E-state index in [2.05, 4.69) is 16.3 Å². The Bertz CT molecular complexity index is 952. The Morgan fingerprint density at radius 3 is 2.57 bits per heavy atom. The third-order valence-electron chi connectivity index (χ3n) is 3.99. The minimum Gasteiger partial charge on any atom is -0.491 e. The first-order valence-corrected chi connectivity index (χ1v) is 9.60. The number of aliphatic hydroxyl groups excluding tert-OH is 1. The van der Waals surface area contributed by atoms with E-state index < -0.39 is 6.10 Å². The topological polar surface area (TPSA) is 84.0 Å². The lowest BCUT2D eigenvalue weighted by atomic mass is 10.2. The molecule has 0 fully saturated rings. The number of aliphatic hydroxyl groups is 1. The number of ether oxygens (including phenoxy) is 1. The summed E-state index contributed by atoms with van der Waals surface area (Å²) < 4.78 is 20.5. The zero-order chi connectivity index (χ0) is 19.9. The molecule has 0 aliphatic heterocycles. The van der Waals surface area contributed by atoms with Crippen LogP contribution in [-0.4, -0.2) is 38.3 Å². The average Bonchev–Trinajstić information content (AvgIpc) is 3.07. The minimum absolute atomic E-state index is 0.146. The normalized spacial score (nSPS) is 11.8. The van der Waals surface area contributed by atoms with Gasteiger partial charge in [0.2, 0.25) is 0 Å². The number of nitriles is 1. The summed E-state index contributed by atoms with van der Waals surface area (Å²) >= 11 is 1.37. The van der Waals surface area contributed by atoms with Crippen molar-refractivity contribution < 1.29 is 14.2 Å². The fraction of sp³-hybridized carbons (Fsp3) is 0.250. The zero-order valence-corrected chi connectivity index (χ0v) is 16.1. The summed E-state index contributed by atoms with van der Waals surface area (Å²) in [6.45, 7) is 0.146. The molecule has 0 aliphatic rings. The number of halogens is 1. The van der Waals surface area contributed by atoms with E-state index in [0.29, 0.717) is 28.9 Å². The predicted molar refractivity (Wildman–Crippen MR) is 104 cm³/mol. The largest absolute Gasteiger partial charge is 0.491 e. The van der Waals surface area contributed by atoms with Gasteiger partial charge in [0.05, 0.1) is 18.6 Å². The molecule has 0 amide bonds. The van der Waals surface area contributed by atoms with Crippen molar-refractivity contribution in [1.29, 1.82) is 5.26 Å². The summed E-state index contributed by atoms with van der Waals surface area (Å²) in [6.07, 6.45) is -0.327. The molecule has 6 nitrogen and oxygen atoms in total. The maximum absolute atomic E-state index is 13.1. The van der Waals surface area contributed by atoms with Crippen LogP contribution < -0.4 is 4.74 Å². The van der Waals surface area contributed by atoms with E-state index in [1.165, 1.54) is 23.9 Å². The Hall–Kier alpha value is -2.89. The third kappa shape index (κ3) is 5.09. The van der Waals surface area contributed by atoms with Gasteiger partial charge in [0.1, 0.15) is 18.2 Å². The molecule has 1 atom stereocenters. The van der Waals surface area contributed by atoms with Crippen molar-refractivity contribution in [2.24, 2.45) is 7.05 Å². The second kappa shape index (κ2) is 9.35. The molecule has 8 heteroatoms.